The van der Waals surface area contributed by atoms with E-state index in [4.69, 9.17) is 0 Å². The van der Waals surface area contributed by atoms with Gasteiger partial charge in [0.05, 0.1) is 5.56 Å². The number of rotatable bonds is 4. The molecule has 0 aliphatic heterocycles. The van der Waals surface area contributed by atoms with E-state index in [9.17, 15) is 27.9 Å². The van der Waals surface area contributed by atoms with Crippen LogP contribution in [0.5, 0.6) is 0 Å². The lowest BCUT2D eigenvalue weighted by Crippen LogP contribution is -2.59. The highest BCUT2D eigenvalue weighted by molar-refractivity contribution is 5.99. The molecule has 2 amide bonds. The van der Waals surface area contributed by atoms with E-state index in [-0.39, 0.29) is 24.1 Å². The van der Waals surface area contributed by atoms with Crippen molar-refractivity contribution in [3.05, 3.63) is 29.6 Å². The van der Waals surface area contributed by atoms with E-state index >= 15 is 0 Å². The van der Waals surface area contributed by atoms with Gasteiger partial charge in [0.25, 0.3) is 11.8 Å². The first-order valence-electron chi connectivity index (χ1n) is 6.64. The fourth-order valence-corrected chi connectivity index (χ4v) is 2.16. The molecule has 22 heavy (non-hydrogen) atoms. The van der Waals surface area contributed by atoms with E-state index in [1.54, 1.807) is 0 Å². The second kappa shape index (κ2) is 5.60. The first-order chi connectivity index (χ1) is 10.2. The Kier molecular flexibility index (Phi) is 4.15. The van der Waals surface area contributed by atoms with Gasteiger partial charge >= 0.3 is 5.92 Å². The van der Waals surface area contributed by atoms with E-state index in [1.165, 1.54) is 7.05 Å². The molecule has 1 aliphatic rings. The molecule has 0 spiro atoms. The van der Waals surface area contributed by atoms with Crippen LogP contribution in [0.15, 0.2) is 18.2 Å². The first kappa shape index (κ1) is 16.3. The summed E-state index contributed by atoms with van der Waals surface area (Å²) in [4.78, 5) is 23.1. The number of aliphatic hydroxyl groups is 1. The van der Waals surface area contributed by atoms with Crippen molar-refractivity contribution in [2.45, 2.75) is 30.8 Å². The normalized spacial score (nSPS) is 16.6. The lowest BCUT2D eigenvalue weighted by atomic mass is 9.75. The monoisotopic (exact) mass is 316 g/mol. The zero-order chi connectivity index (χ0) is 16.5. The van der Waals surface area contributed by atoms with Gasteiger partial charge in [0.15, 0.2) is 0 Å². The molecule has 2 rings (SSSR count). The maximum absolute atomic E-state index is 13.9. The van der Waals surface area contributed by atoms with Crippen molar-refractivity contribution >= 4 is 17.5 Å². The molecule has 0 atom stereocenters. The summed E-state index contributed by atoms with van der Waals surface area (Å²) in [5.74, 6) is -7.25. The Hall–Kier alpha value is -2.09. The van der Waals surface area contributed by atoms with E-state index < -0.39 is 29.2 Å². The molecular weight excluding hydrogens is 301 g/mol. The van der Waals surface area contributed by atoms with Gasteiger partial charge in [0.2, 0.25) is 0 Å². The molecule has 8 heteroatoms. The molecule has 1 saturated carbocycles. The summed E-state index contributed by atoms with van der Waals surface area (Å²) in [6.45, 7) is 0. The summed E-state index contributed by atoms with van der Waals surface area (Å²) < 4.78 is 41.3. The van der Waals surface area contributed by atoms with Crippen LogP contribution < -0.4 is 10.6 Å². The molecule has 0 bridgehead atoms. The number of carbonyl (C=O) groups excluding carboxylic acids is 2. The highest BCUT2D eigenvalue weighted by Gasteiger charge is 2.61. The van der Waals surface area contributed by atoms with Crippen molar-refractivity contribution in [3.63, 3.8) is 0 Å². The summed E-state index contributed by atoms with van der Waals surface area (Å²) in [6.07, 6.45) is 0.0807. The SMILES string of the molecule is CNC(=O)c1cc(NC(=O)C(F)(F)C2(O)CCC2)ccc1F. The minimum absolute atomic E-state index is 0.160. The lowest BCUT2D eigenvalue weighted by Gasteiger charge is -2.41. The molecule has 5 nitrogen and oxygen atoms in total. The molecule has 0 radical (unpaired) electrons. The quantitative estimate of drug-likeness (QED) is 0.791. The van der Waals surface area contributed by atoms with Crippen molar-refractivity contribution in [2.24, 2.45) is 0 Å². The van der Waals surface area contributed by atoms with E-state index in [0.29, 0.717) is 6.42 Å². The Labute approximate surface area is 124 Å². The topological polar surface area (TPSA) is 78.4 Å². The average molecular weight is 316 g/mol. The molecule has 1 aromatic carbocycles. The van der Waals surface area contributed by atoms with Crippen molar-refractivity contribution < 1.29 is 27.9 Å². The Bertz CT molecular complexity index is 615. The van der Waals surface area contributed by atoms with Crippen LogP contribution in [0, 0.1) is 5.82 Å². The van der Waals surface area contributed by atoms with Crippen molar-refractivity contribution in [3.8, 4) is 0 Å². The van der Waals surface area contributed by atoms with Gasteiger partial charge in [-0.2, -0.15) is 8.78 Å². The Balaban J connectivity index is 2.20. The Morgan fingerprint density at radius 3 is 2.45 bits per heavy atom. The molecule has 0 saturated heterocycles. The predicted octanol–water partition coefficient (Wildman–Crippen LogP) is 1.67. The highest BCUT2D eigenvalue weighted by Crippen LogP contribution is 2.44. The third kappa shape index (κ3) is 2.66. The lowest BCUT2D eigenvalue weighted by molar-refractivity contribution is -0.212. The standard InChI is InChI=1S/C14H15F3N2O3/c1-18-11(20)9-7-8(3-4-10(9)15)19-12(21)14(16,17)13(22)5-2-6-13/h3-4,7,22H,2,5-6H2,1H3,(H,18,20)(H,19,21). The summed E-state index contributed by atoms with van der Waals surface area (Å²) in [7, 11) is 1.29. The maximum Gasteiger partial charge on any atom is 0.352 e. The molecule has 1 fully saturated rings. The van der Waals surface area contributed by atoms with Gasteiger partial charge in [-0.1, -0.05) is 0 Å². The number of benzene rings is 1. The Morgan fingerprint density at radius 2 is 1.95 bits per heavy atom. The zero-order valence-electron chi connectivity index (χ0n) is 11.8. The fourth-order valence-electron chi connectivity index (χ4n) is 2.16. The largest absolute Gasteiger partial charge is 0.383 e. The van der Waals surface area contributed by atoms with Crippen molar-refractivity contribution in [1.82, 2.24) is 5.32 Å². The number of hydrogen-bond donors (Lipinski definition) is 3. The van der Waals surface area contributed by atoms with Crippen molar-refractivity contribution in [2.75, 3.05) is 12.4 Å². The second-order valence-corrected chi connectivity index (χ2v) is 5.19. The maximum atomic E-state index is 13.9. The molecule has 1 aromatic rings. The summed E-state index contributed by atoms with van der Waals surface area (Å²) >= 11 is 0. The summed E-state index contributed by atoms with van der Waals surface area (Å²) in [6, 6.07) is 2.89. The second-order valence-electron chi connectivity index (χ2n) is 5.19. The van der Waals surface area contributed by atoms with Gasteiger partial charge in [-0.15, -0.1) is 0 Å². The van der Waals surface area contributed by atoms with Crippen molar-refractivity contribution in [1.29, 1.82) is 0 Å². The Morgan fingerprint density at radius 1 is 1.32 bits per heavy atom. The van der Waals surface area contributed by atoms with Gasteiger partial charge in [0, 0.05) is 12.7 Å². The van der Waals surface area contributed by atoms with Gasteiger partial charge in [-0.3, -0.25) is 9.59 Å². The van der Waals surface area contributed by atoms with Gasteiger partial charge in [0.1, 0.15) is 11.4 Å². The van der Waals surface area contributed by atoms with Crippen LogP contribution in [0.4, 0.5) is 18.9 Å². The zero-order valence-corrected chi connectivity index (χ0v) is 11.8. The minimum atomic E-state index is -3.97. The first-order valence-corrected chi connectivity index (χ1v) is 6.64. The number of halogens is 3. The van der Waals surface area contributed by atoms with Crippen LogP contribution in [-0.4, -0.2) is 35.5 Å². The van der Waals surface area contributed by atoms with Gasteiger partial charge in [-0.25, -0.2) is 4.39 Å². The van der Waals surface area contributed by atoms with Crippen LogP contribution >= 0.6 is 0 Å². The smallest absolute Gasteiger partial charge is 0.352 e. The minimum Gasteiger partial charge on any atom is -0.383 e. The number of alkyl halides is 2. The molecular formula is C14H15F3N2O3. The van der Waals surface area contributed by atoms with E-state index in [0.717, 1.165) is 18.2 Å². The summed E-state index contributed by atoms with van der Waals surface area (Å²) in [5, 5.41) is 13.8. The van der Waals surface area contributed by atoms with Crippen LogP contribution in [-0.2, 0) is 4.79 Å². The third-order valence-corrected chi connectivity index (χ3v) is 3.75. The van der Waals surface area contributed by atoms with E-state index in [2.05, 4.69) is 5.32 Å². The van der Waals surface area contributed by atoms with Gasteiger partial charge in [-0.05, 0) is 37.5 Å². The molecule has 120 valence electrons. The number of hydrogen-bond acceptors (Lipinski definition) is 3. The number of amides is 2. The van der Waals surface area contributed by atoms with E-state index in [1.807, 2.05) is 5.32 Å². The molecule has 3 N–H and O–H groups in total. The van der Waals surface area contributed by atoms with Crippen LogP contribution in [0.25, 0.3) is 0 Å². The molecule has 0 unspecified atom stereocenters. The fraction of sp³-hybridized carbons (Fsp3) is 0.429. The van der Waals surface area contributed by atoms with Crippen LogP contribution in [0.1, 0.15) is 29.6 Å². The average Bonchev–Trinajstić information content (AvgIpc) is 2.45. The molecule has 0 heterocycles. The molecule has 1 aliphatic carbocycles. The molecule has 0 aromatic heterocycles. The number of carbonyl (C=O) groups is 2. The van der Waals surface area contributed by atoms with Gasteiger partial charge < -0.3 is 15.7 Å². The number of anilines is 1. The van der Waals surface area contributed by atoms with Crippen LogP contribution in [0.3, 0.4) is 0 Å². The highest BCUT2D eigenvalue weighted by atomic mass is 19.3. The summed E-state index contributed by atoms with van der Waals surface area (Å²) in [5.41, 5.74) is -2.89. The predicted molar refractivity (Wildman–Crippen MR) is 72.2 cm³/mol. The third-order valence-electron chi connectivity index (χ3n) is 3.75. The van der Waals surface area contributed by atoms with Crippen LogP contribution in [0.2, 0.25) is 0 Å². The number of nitrogens with one attached hydrogen (secondary N) is 2.